The molecule has 0 spiro atoms. The topological polar surface area (TPSA) is 78.9 Å². The maximum absolute atomic E-state index is 10.6. The van der Waals surface area contributed by atoms with Gasteiger partial charge in [-0.1, -0.05) is 0 Å². The number of ether oxygens (including phenoxy) is 3. The second-order valence-corrected chi connectivity index (χ2v) is 2.84. The van der Waals surface area contributed by atoms with Crippen LogP contribution in [-0.4, -0.2) is 37.2 Å². The Hall–Kier alpha value is -1.59. The average Bonchev–Trinajstić information content (AvgIpc) is 2.08. The molecule has 0 unspecified atom stereocenters. The fourth-order valence-corrected chi connectivity index (χ4v) is 0.771. The van der Waals surface area contributed by atoms with E-state index in [-0.39, 0.29) is 13.2 Å². The maximum atomic E-state index is 10.6. The molecule has 0 aromatic carbocycles. The lowest BCUT2D eigenvalue weighted by atomic mass is 10.4. The first kappa shape index (κ1) is 13.4. The van der Waals surface area contributed by atoms with E-state index in [9.17, 15) is 14.4 Å². The predicted molar refractivity (Wildman–Crippen MR) is 48.8 cm³/mol. The molecule has 0 aromatic rings. The van der Waals surface area contributed by atoms with Crippen molar-refractivity contribution in [3.8, 4) is 0 Å². The second-order valence-electron chi connectivity index (χ2n) is 2.84. The Labute approximate surface area is 87.5 Å². The molecule has 0 radical (unpaired) electrons. The van der Waals surface area contributed by atoms with E-state index in [1.807, 2.05) is 0 Å². The van der Waals surface area contributed by atoms with Gasteiger partial charge >= 0.3 is 17.9 Å². The molecular formula is C9H14O6. The highest BCUT2D eigenvalue weighted by Crippen LogP contribution is 1.97. The summed E-state index contributed by atoms with van der Waals surface area (Å²) in [7, 11) is 0. The van der Waals surface area contributed by atoms with Crippen molar-refractivity contribution in [1.82, 2.24) is 0 Å². The molecule has 0 aliphatic carbocycles. The van der Waals surface area contributed by atoms with E-state index >= 15 is 0 Å². The molecular weight excluding hydrogens is 204 g/mol. The molecule has 0 aliphatic heterocycles. The predicted octanol–water partition coefficient (Wildman–Crippen LogP) is 0.0443. The van der Waals surface area contributed by atoms with Crippen molar-refractivity contribution in [1.29, 1.82) is 0 Å². The molecule has 86 valence electrons. The van der Waals surface area contributed by atoms with Crippen LogP contribution in [0.1, 0.15) is 20.8 Å². The molecule has 0 N–H and O–H groups in total. The van der Waals surface area contributed by atoms with E-state index < -0.39 is 24.0 Å². The van der Waals surface area contributed by atoms with Gasteiger partial charge in [0.05, 0.1) is 0 Å². The van der Waals surface area contributed by atoms with Crippen LogP contribution >= 0.6 is 0 Å². The van der Waals surface area contributed by atoms with E-state index in [0.29, 0.717) is 0 Å². The van der Waals surface area contributed by atoms with E-state index in [4.69, 9.17) is 4.74 Å². The van der Waals surface area contributed by atoms with E-state index in [1.54, 1.807) is 0 Å². The number of esters is 3. The minimum atomic E-state index is -0.754. The largest absolute Gasteiger partial charge is 0.462 e. The van der Waals surface area contributed by atoms with Crippen LogP contribution in [0.4, 0.5) is 0 Å². The van der Waals surface area contributed by atoms with Crippen LogP contribution in [0.3, 0.4) is 0 Å². The van der Waals surface area contributed by atoms with E-state index in [0.717, 1.165) is 0 Å². The smallest absolute Gasteiger partial charge is 0.303 e. The van der Waals surface area contributed by atoms with Crippen molar-refractivity contribution in [2.75, 3.05) is 13.2 Å². The van der Waals surface area contributed by atoms with Gasteiger partial charge in [0.2, 0.25) is 0 Å². The molecule has 0 aromatic heterocycles. The van der Waals surface area contributed by atoms with Crippen LogP contribution in [0.25, 0.3) is 0 Å². The Kier molecular flexibility index (Phi) is 6.08. The van der Waals surface area contributed by atoms with Gasteiger partial charge in [-0.3, -0.25) is 14.4 Å². The highest BCUT2D eigenvalue weighted by atomic mass is 16.6. The van der Waals surface area contributed by atoms with Crippen molar-refractivity contribution in [3.63, 3.8) is 0 Å². The number of carbonyl (C=O) groups is 3. The second kappa shape index (κ2) is 6.80. The third kappa shape index (κ3) is 8.73. The summed E-state index contributed by atoms with van der Waals surface area (Å²) in [6.45, 7) is 3.44. The first-order chi connectivity index (χ1) is 6.91. The summed E-state index contributed by atoms with van der Waals surface area (Å²) in [5.74, 6) is -1.51. The first-order valence-electron chi connectivity index (χ1n) is 4.35. The summed E-state index contributed by atoms with van der Waals surface area (Å²) in [5.41, 5.74) is 0. The van der Waals surface area contributed by atoms with Gasteiger partial charge in [0.15, 0.2) is 6.10 Å². The van der Waals surface area contributed by atoms with Crippen molar-refractivity contribution < 1.29 is 28.6 Å². The fourth-order valence-electron chi connectivity index (χ4n) is 0.771. The maximum Gasteiger partial charge on any atom is 0.303 e. The van der Waals surface area contributed by atoms with E-state index in [2.05, 4.69) is 9.47 Å². The van der Waals surface area contributed by atoms with Gasteiger partial charge in [0.25, 0.3) is 0 Å². The molecule has 0 saturated heterocycles. The summed E-state index contributed by atoms with van der Waals surface area (Å²) in [4.78, 5) is 31.6. The molecule has 15 heavy (non-hydrogen) atoms. The molecule has 6 heteroatoms. The molecule has 0 amide bonds. The molecule has 0 aliphatic rings. The Morgan fingerprint density at radius 2 is 1.27 bits per heavy atom. The Balaban J connectivity index is 3.99. The highest BCUT2D eigenvalue weighted by molar-refractivity contribution is 5.67. The Morgan fingerprint density at radius 3 is 1.53 bits per heavy atom. The van der Waals surface area contributed by atoms with Gasteiger partial charge in [0, 0.05) is 20.8 Å². The third-order valence-corrected chi connectivity index (χ3v) is 1.28. The zero-order chi connectivity index (χ0) is 11.8. The number of hydrogen-bond acceptors (Lipinski definition) is 6. The zero-order valence-corrected chi connectivity index (χ0v) is 8.94. The fraction of sp³-hybridized carbons (Fsp3) is 0.667. The molecule has 0 heterocycles. The average molecular weight is 218 g/mol. The van der Waals surface area contributed by atoms with Crippen molar-refractivity contribution in [2.45, 2.75) is 26.9 Å². The number of carbonyl (C=O) groups excluding carboxylic acids is 3. The van der Waals surface area contributed by atoms with Crippen LogP contribution in [0.2, 0.25) is 0 Å². The normalized spacial score (nSPS) is 9.60. The summed E-state index contributed by atoms with van der Waals surface area (Å²) < 4.78 is 14.0. The first-order valence-corrected chi connectivity index (χ1v) is 4.35. The lowest BCUT2D eigenvalue weighted by Crippen LogP contribution is -2.29. The monoisotopic (exact) mass is 218 g/mol. The van der Waals surface area contributed by atoms with Crippen molar-refractivity contribution in [3.05, 3.63) is 0 Å². The number of hydrogen-bond donors (Lipinski definition) is 0. The van der Waals surface area contributed by atoms with Crippen LogP contribution < -0.4 is 0 Å². The summed E-state index contributed by atoms with van der Waals surface area (Å²) in [6.07, 6.45) is -0.754. The molecule has 6 nitrogen and oxygen atoms in total. The lowest BCUT2D eigenvalue weighted by molar-refractivity contribution is -0.163. The summed E-state index contributed by atoms with van der Waals surface area (Å²) in [6, 6.07) is 0. The van der Waals surface area contributed by atoms with Crippen molar-refractivity contribution in [2.24, 2.45) is 0 Å². The SMILES string of the molecule is CC(=O)OCC(COC(C)=O)OC(C)=O. The molecule has 0 bridgehead atoms. The van der Waals surface area contributed by atoms with Crippen LogP contribution in [0.15, 0.2) is 0 Å². The lowest BCUT2D eigenvalue weighted by Gasteiger charge is -2.15. The Bertz CT molecular complexity index is 229. The quantitative estimate of drug-likeness (QED) is 0.479. The van der Waals surface area contributed by atoms with E-state index in [1.165, 1.54) is 20.8 Å². The number of rotatable bonds is 5. The Morgan fingerprint density at radius 1 is 0.867 bits per heavy atom. The summed E-state index contributed by atoms with van der Waals surface area (Å²) in [5, 5.41) is 0. The van der Waals surface area contributed by atoms with Gasteiger partial charge < -0.3 is 14.2 Å². The highest BCUT2D eigenvalue weighted by Gasteiger charge is 2.15. The van der Waals surface area contributed by atoms with Gasteiger partial charge in [-0.2, -0.15) is 0 Å². The van der Waals surface area contributed by atoms with Crippen LogP contribution in [-0.2, 0) is 28.6 Å². The zero-order valence-electron chi connectivity index (χ0n) is 8.94. The third-order valence-electron chi connectivity index (χ3n) is 1.28. The minimum absolute atomic E-state index is 0.123. The molecule has 0 rings (SSSR count). The van der Waals surface area contributed by atoms with Crippen LogP contribution in [0, 0.1) is 0 Å². The molecule has 0 atom stereocenters. The van der Waals surface area contributed by atoms with Gasteiger partial charge in [-0.05, 0) is 0 Å². The minimum Gasteiger partial charge on any atom is -0.462 e. The standard InChI is InChI=1S/C9H14O6/c1-6(10)13-4-9(15-8(3)12)5-14-7(2)11/h9H,4-5H2,1-3H3. The molecule has 0 saturated carbocycles. The van der Waals surface area contributed by atoms with Crippen LogP contribution in [0.5, 0.6) is 0 Å². The van der Waals surface area contributed by atoms with Gasteiger partial charge in [0.1, 0.15) is 13.2 Å². The van der Waals surface area contributed by atoms with Crippen molar-refractivity contribution >= 4 is 17.9 Å². The van der Waals surface area contributed by atoms with Gasteiger partial charge in [-0.15, -0.1) is 0 Å². The molecule has 0 fully saturated rings. The summed E-state index contributed by atoms with van der Waals surface area (Å²) >= 11 is 0. The van der Waals surface area contributed by atoms with Gasteiger partial charge in [-0.25, -0.2) is 0 Å².